The SMILES string of the molecule is CC(C)(C)c1ccnc(C(=O)O)c1OC1CC1. The van der Waals surface area contributed by atoms with Crippen molar-refractivity contribution in [2.45, 2.75) is 45.1 Å². The lowest BCUT2D eigenvalue weighted by molar-refractivity contribution is 0.0684. The first-order valence-corrected chi connectivity index (χ1v) is 5.79. The average molecular weight is 235 g/mol. The van der Waals surface area contributed by atoms with Crippen molar-refractivity contribution < 1.29 is 14.6 Å². The number of carbonyl (C=O) groups is 1. The van der Waals surface area contributed by atoms with Crippen molar-refractivity contribution >= 4 is 5.97 Å². The first kappa shape index (κ1) is 11.9. The zero-order valence-corrected chi connectivity index (χ0v) is 10.4. The summed E-state index contributed by atoms with van der Waals surface area (Å²) in [6.07, 6.45) is 3.69. The highest BCUT2D eigenvalue weighted by molar-refractivity contribution is 5.89. The molecule has 0 bridgehead atoms. The molecule has 1 aromatic rings. The lowest BCUT2D eigenvalue weighted by Gasteiger charge is -2.23. The summed E-state index contributed by atoms with van der Waals surface area (Å²) in [5.41, 5.74) is 0.762. The molecule has 0 atom stereocenters. The van der Waals surface area contributed by atoms with Crippen LogP contribution >= 0.6 is 0 Å². The van der Waals surface area contributed by atoms with Gasteiger partial charge in [-0.3, -0.25) is 0 Å². The first-order valence-electron chi connectivity index (χ1n) is 5.79. The smallest absolute Gasteiger partial charge is 0.358 e. The molecule has 4 heteroatoms. The number of hydrogen-bond acceptors (Lipinski definition) is 3. The van der Waals surface area contributed by atoms with E-state index in [1.807, 2.05) is 26.8 Å². The number of carboxylic acids is 1. The van der Waals surface area contributed by atoms with Gasteiger partial charge in [0.1, 0.15) is 0 Å². The van der Waals surface area contributed by atoms with Crippen LogP contribution in [-0.4, -0.2) is 22.2 Å². The van der Waals surface area contributed by atoms with Gasteiger partial charge < -0.3 is 9.84 Å². The average Bonchev–Trinajstić information content (AvgIpc) is 3.00. The Morgan fingerprint density at radius 3 is 2.59 bits per heavy atom. The minimum atomic E-state index is -1.04. The van der Waals surface area contributed by atoms with Gasteiger partial charge in [0.25, 0.3) is 0 Å². The van der Waals surface area contributed by atoms with Gasteiger partial charge in [-0.05, 0) is 24.3 Å². The molecule has 17 heavy (non-hydrogen) atoms. The summed E-state index contributed by atoms with van der Waals surface area (Å²) in [5.74, 6) is -0.596. The number of pyridine rings is 1. The van der Waals surface area contributed by atoms with Crippen LogP contribution in [-0.2, 0) is 5.41 Å². The fourth-order valence-corrected chi connectivity index (χ4v) is 1.66. The standard InChI is InChI=1S/C13H17NO3/c1-13(2,3)9-6-7-14-10(12(15)16)11(9)17-8-4-5-8/h6-8H,4-5H2,1-3H3,(H,15,16). The van der Waals surface area contributed by atoms with Crippen molar-refractivity contribution in [1.82, 2.24) is 4.98 Å². The second-order valence-electron chi connectivity index (χ2n) is 5.41. The maximum Gasteiger partial charge on any atom is 0.358 e. The fraction of sp³-hybridized carbons (Fsp3) is 0.538. The van der Waals surface area contributed by atoms with E-state index in [1.165, 1.54) is 6.20 Å². The Morgan fingerprint density at radius 2 is 2.12 bits per heavy atom. The zero-order chi connectivity index (χ0) is 12.6. The van der Waals surface area contributed by atoms with Gasteiger partial charge in [0.05, 0.1) is 6.10 Å². The second kappa shape index (κ2) is 4.02. The number of ether oxygens (including phenoxy) is 1. The molecule has 1 N–H and O–H groups in total. The highest BCUT2D eigenvalue weighted by Crippen LogP contribution is 2.37. The predicted octanol–water partition coefficient (Wildman–Crippen LogP) is 2.62. The van der Waals surface area contributed by atoms with Gasteiger partial charge in [-0.1, -0.05) is 20.8 Å². The summed E-state index contributed by atoms with van der Waals surface area (Å²) in [6.45, 7) is 6.11. The summed E-state index contributed by atoms with van der Waals surface area (Å²) >= 11 is 0. The van der Waals surface area contributed by atoms with Crippen molar-refractivity contribution in [3.63, 3.8) is 0 Å². The molecule has 0 unspecified atom stereocenters. The summed E-state index contributed by atoms with van der Waals surface area (Å²) in [6, 6.07) is 1.84. The molecule has 92 valence electrons. The van der Waals surface area contributed by atoms with Crippen molar-refractivity contribution in [2.24, 2.45) is 0 Å². The lowest BCUT2D eigenvalue weighted by atomic mass is 9.86. The van der Waals surface area contributed by atoms with Crippen molar-refractivity contribution in [3.05, 3.63) is 23.5 Å². The first-order chi connectivity index (χ1) is 7.89. The molecule has 1 saturated carbocycles. The molecule has 0 radical (unpaired) electrons. The van der Waals surface area contributed by atoms with Crippen LogP contribution in [0.3, 0.4) is 0 Å². The molecule has 0 aliphatic heterocycles. The number of carboxylic acid groups (broad SMARTS) is 1. The van der Waals surface area contributed by atoms with E-state index >= 15 is 0 Å². The Balaban J connectivity index is 2.49. The number of rotatable bonds is 3. The van der Waals surface area contributed by atoms with Gasteiger partial charge in [-0.2, -0.15) is 0 Å². The van der Waals surface area contributed by atoms with Crippen LogP contribution in [0.25, 0.3) is 0 Å². The highest BCUT2D eigenvalue weighted by Gasteiger charge is 2.30. The van der Waals surface area contributed by atoms with Crippen LogP contribution in [0.5, 0.6) is 5.75 Å². The van der Waals surface area contributed by atoms with Crippen LogP contribution < -0.4 is 4.74 Å². The third-order valence-corrected chi connectivity index (χ3v) is 2.72. The molecule has 1 aromatic heterocycles. The molecule has 1 fully saturated rings. The normalized spacial score (nSPS) is 15.7. The topological polar surface area (TPSA) is 59.4 Å². The van der Waals surface area contributed by atoms with E-state index in [2.05, 4.69) is 4.98 Å². The number of aromatic carboxylic acids is 1. The summed E-state index contributed by atoms with van der Waals surface area (Å²) in [7, 11) is 0. The zero-order valence-electron chi connectivity index (χ0n) is 10.4. The highest BCUT2D eigenvalue weighted by atomic mass is 16.5. The van der Waals surface area contributed by atoms with Gasteiger partial charge in [0.15, 0.2) is 11.4 Å². The maximum atomic E-state index is 11.2. The molecule has 0 saturated heterocycles. The largest absolute Gasteiger partial charge is 0.488 e. The van der Waals surface area contributed by atoms with Crippen LogP contribution in [0.1, 0.15) is 49.7 Å². The molecule has 1 aliphatic carbocycles. The minimum absolute atomic E-state index is 0.0179. The third-order valence-electron chi connectivity index (χ3n) is 2.72. The summed E-state index contributed by atoms with van der Waals surface area (Å²) in [4.78, 5) is 15.1. The predicted molar refractivity (Wildman–Crippen MR) is 63.5 cm³/mol. The van der Waals surface area contributed by atoms with Gasteiger partial charge in [-0.25, -0.2) is 9.78 Å². The Labute approximate surface area is 101 Å². The van der Waals surface area contributed by atoms with Gasteiger partial charge in [-0.15, -0.1) is 0 Å². The Hall–Kier alpha value is -1.58. The van der Waals surface area contributed by atoms with E-state index in [0.717, 1.165) is 18.4 Å². The molecular formula is C13H17NO3. The minimum Gasteiger partial charge on any atom is -0.488 e. The van der Waals surface area contributed by atoms with E-state index < -0.39 is 5.97 Å². The van der Waals surface area contributed by atoms with Gasteiger partial charge in [0, 0.05) is 11.8 Å². The fourth-order valence-electron chi connectivity index (χ4n) is 1.66. The van der Waals surface area contributed by atoms with E-state index in [0.29, 0.717) is 5.75 Å². The van der Waals surface area contributed by atoms with Crippen molar-refractivity contribution in [1.29, 1.82) is 0 Å². The van der Waals surface area contributed by atoms with Crippen LogP contribution in [0, 0.1) is 0 Å². The van der Waals surface area contributed by atoms with Crippen LogP contribution in [0.15, 0.2) is 12.3 Å². The maximum absolute atomic E-state index is 11.2. The molecule has 1 aliphatic rings. The monoisotopic (exact) mass is 235 g/mol. The van der Waals surface area contributed by atoms with E-state index in [4.69, 9.17) is 9.84 Å². The molecule has 0 spiro atoms. The van der Waals surface area contributed by atoms with E-state index in [9.17, 15) is 4.79 Å². The quantitative estimate of drug-likeness (QED) is 0.874. The van der Waals surface area contributed by atoms with E-state index in [-0.39, 0.29) is 17.2 Å². The Morgan fingerprint density at radius 1 is 1.47 bits per heavy atom. The Kier molecular flexibility index (Phi) is 2.81. The van der Waals surface area contributed by atoms with Crippen LogP contribution in [0.4, 0.5) is 0 Å². The number of nitrogens with zero attached hydrogens (tertiary/aromatic N) is 1. The lowest BCUT2D eigenvalue weighted by Crippen LogP contribution is -2.17. The number of hydrogen-bond donors (Lipinski definition) is 1. The van der Waals surface area contributed by atoms with Crippen LogP contribution in [0.2, 0.25) is 0 Å². The summed E-state index contributed by atoms with van der Waals surface area (Å²) in [5, 5.41) is 9.15. The molecule has 0 aromatic carbocycles. The molecule has 2 rings (SSSR count). The molecule has 0 amide bonds. The van der Waals surface area contributed by atoms with Gasteiger partial charge in [0.2, 0.25) is 0 Å². The van der Waals surface area contributed by atoms with E-state index in [1.54, 1.807) is 0 Å². The molecule has 1 heterocycles. The number of aromatic nitrogens is 1. The molecular weight excluding hydrogens is 218 g/mol. The van der Waals surface area contributed by atoms with Gasteiger partial charge >= 0.3 is 5.97 Å². The summed E-state index contributed by atoms with van der Waals surface area (Å²) < 4.78 is 5.73. The van der Waals surface area contributed by atoms with Crippen molar-refractivity contribution in [3.8, 4) is 5.75 Å². The third kappa shape index (κ3) is 2.57. The second-order valence-corrected chi connectivity index (χ2v) is 5.41. The Bertz CT molecular complexity index is 444. The molecule has 4 nitrogen and oxygen atoms in total. The van der Waals surface area contributed by atoms with Crippen molar-refractivity contribution in [2.75, 3.05) is 0 Å².